The van der Waals surface area contributed by atoms with Gasteiger partial charge in [0.25, 0.3) is 0 Å². The summed E-state index contributed by atoms with van der Waals surface area (Å²) in [5.41, 5.74) is 1.49. The number of unbranched alkanes of at least 4 members (excludes halogenated alkanes) is 1. The highest BCUT2D eigenvalue weighted by atomic mass is 19.1. The number of nitrogens with zero attached hydrogens (tertiary/aromatic N) is 2. The van der Waals surface area contributed by atoms with Crippen molar-refractivity contribution in [2.75, 3.05) is 17.2 Å². The van der Waals surface area contributed by atoms with Crippen molar-refractivity contribution in [1.29, 1.82) is 0 Å². The maximum atomic E-state index is 13.1. The van der Waals surface area contributed by atoms with Gasteiger partial charge in [0.15, 0.2) is 0 Å². The predicted molar refractivity (Wildman–Crippen MR) is 79.8 cm³/mol. The van der Waals surface area contributed by atoms with Crippen LogP contribution >= 0.6 is 0 Å². The van der Waals surface area contributed by atoms with Crippen molar-refractivity contribution in [1.82, 2.24) is 9.97 Å². The Bertz CT molecular complexity index is 572. The third-order valence-corrected chi connectivity index (χ3v) is 2.77. The molecule has 0 saturated heterocycles. The van der Waals surface area contributed by atoms with Crippen LogP contribution in [-0.2, 0) is 0 Å². The number of aryl methyl sites for hydroxylation is 1. The quantitative estimate of drug-likeness (QED) is 0.785. The zero-order chi connectivity index (χ0) is 14.4. The summed E-state index contributed by atoms with van der Waals surface area (Å²) < 4.78 is 13.1. The van der Waals surface area contributed by atoms with E-state index in [1.807, 2.05) is 13.0 Å². The molecule has 106 valence electrons. The van der Waals surface area contributed by atoms with Crippen molar-refractivity contribution in [3.63, 3.8) is 0 Å². The maximum Gasteiger partial charge on any atom is 0.229 e. The fourth-order valence-corrected chi connectivity index (χ4v) is 1.80. The van der Waals surface area contributed by atoms with Crippen LogP contribution < -0.4 is 10.6 Å². The number of aromatic nitrogens is 2. The van der Waals surface area contributed by atoms with Crippen molar-refractivity contribution < 1.29 is 4.39 Å². The molecule has 0 bridgehead atoms. The van der Waals surface area contributed by atoms with E-state index in [2.05, 4.69) is 27.5 Å². The van der Waals surface area contributed by atoms with Gasteiger partial charge in [-0.25, -0.2) is 9.37 Å². The Morgan fingerprint density at radius 1 is 1.20 bits per heavy atom. The molecule has 0 aliphatic rings. The molecule has 0 aliphatic heterocycles. The van der Waals surface area contributed by atoms with E-state index in [0.717, 1.165) is 30.9 Å². The molecule has 0 radical (unpaired) electrons. The molecule has 0 saturated carbocycles. The van der Waals surface area contributed by atoms with E-state index in [1.165, 1.54) is 12.1 Å². The fourth-order valence-electron chi connectivity index (χ4n) is 1.80. The Hall–Kier alpha value is -2.17. The number of hydrogen-bond donors (Lipinski definition) is 2. The van der Waals surface area contributed by atoms with Crippen molar-refractivity contribution in [2.24, 2.45) is 0 Å². The topological polar surface area (TPSA) is 49.8 Å². The Labute approximate surface area is 118 Å². The second-order valence-corrected chi connectivity index (χ2v) is 4.63. The molecule has 1 aromatic heterocycles. The Morgan fingerprint density at radius 3 is 2.80 bits per heavy atom. The normalized spacial score (nSPS) is 10.3. The molecular weight excluding hydrogens is 255 g/mol. The molecule has 4 nitrogen and oxygen atoms in total. The molecule has 5 heteroatoms. The SMILES string of the molecule is CCCCNc1cc(C)nc(Nc2cccc(F)c2)n1. The van der Waals surface area contributed by atoms with Gasteiger partial charge >= 0.3 is 0 Å². The van der Waals surface area contributed by atoms with Gasteiger partial charge in [-0.1, -0.05) is 19.4 Å². The summed E-state index contributed by atoms with van der Waals surface area (Å²) in [7, 11) is 0. The Morgan fingerprint density at radius 2 is 2.05 bits per heavy atom. The molecule has 1 aromatic carbocycles. The third-order valence-electron chi connectivity index (χ3n) is 2.77. The number of rotatable bonds is 6. The predicted octanol–water partition coefficient (Wildman–Crippen LogP) is 3.88. The molecule has 20 heavy (non-hydrogen) atoms. The number of halogens is 1. The molecule has 0 spiro atoms. The lowest BCUT2D eigenvalue weighted by Gasteiger charge is -2.09. The van der Waals surface area contributed by atoms with Gasteiger partial charge in [-0.15, -0.1) is 0 Å². The minimum atomic E-state index is -0.288. The lowest BCUT2D eigenvalue weighted by molar-refractivity contribution is 0.628. The third kappa shape index (κ3) is 4.19. The average Bonchev–Trinajstić information content (AvgIpc) is 2.38. The van der Waals surface area contributed by atoms with Crippen LogP contribution in [-0.4, -0.2) is 16.5 Å². The van der Waals surface area contributed by atoms with E-state index in [9.17, 15) is 4.39 Å². The standard InChI is InChI=1S/C15H19FN4/c1-3-4-8-17-14-9-11(2)18-15(20-14)19-13-7-5-6-12(16)10-13/h5-7,9-10H,3-4,8H2,1-2H3,(H2,17,18,19,20). The van der Waals surface area contributed by atoms with Crippen molar-refractivity contribution in [3.8, 4) is 0 Å². The van der Waals surface area contributed by atoms with E-state index >= 15 is 0 Å². The van der Waals surface area contributed by atoms with Gasteiger partial charge in [0.2, 0.25) is 5.95 Å². The number of hydrogen-bond acceptors (Lipinski definition) is 4. The molecule has 2 rings (SSSR count). The van der Waals surface area contributed by atoms with Gasteiger partial charge in [-0.05, 0) is 31.5 Å². The van der Waals surface area contributed by atoms with Crippen molar-refractivity contribution >= 4 is 17.5 Å². The zero-order valence-corrected chi connectivity index (χ0v) is 11.8. The van der Waals surface area contributed by atoms with Crippen LogP contribution in [0.4, 0.5) is 21.8 Å². The van der Waals surface area contributed by atoms with Crippen molar-refractivity contribution in [2.45, 2.75) is 26.7 Å². The van der Waals surface area contributed by atoms with Gasteiger partial charge < -0.3 is 10.6 Å². The smallest absolute Gasteiger partial charge is 0.229 e. The van der Waals surface area contributed by atoms with Gasteiger partial charge in [-0.2, -0.15) is 4.98 Å². The molecule has 0 atom stereocenters. The molecule has 0 aliphatic carbocycles. The summed E-state index contributed by atoms with van der Waals surface area (Å²) in [6.07, 6.45) is 2.22. The highest BCUT2D eigenvalue weighted by Crippen LogP contribution is 2.16. The summed E-state index contributed by atoms with van der Waals surface area (Å²) in [6, 6.07) is 8.13. The first-order chi connectivity index (χ1) is 9.67. The van der Waals surface area contributed by atoms with Crippen molar-refractivity contribution in [3.05, 3.63) is 41.8 Å². The number of nitrogens with one attached hydrogen (secondary N) is 2. The molecule has 0 fully saturated rings. The maximum absolute atomic E-state index is 13.1. The first-order valence-corrected chi connectivity index (χ1v) is 6.79. The monoisotopic (exact) mass is 274 g/mol. The fraction of sp³-hybridized carbons (Fsp3) is 0.333. The van der Waals surface area contributed by atoms with Gasteiger partial charge in [0.05, 0.1) is 0 Å². The summed E-state index contributed by atoms with van der Waals surface area (Å²) in [6.45, 7) is 4.93. The lowest BCUT2D eigenvalue weighted by Crippen LogP contribution is -2.06. The van der Waals surface area contributed by atoms with Crippen LogP contribution in [0.1, 0.15) is 25.5 Å². The highest BCUT2D eigenvalue weighted by molar-refractivity contribution is 5.55. The first-order valence-electron chi connectivity index (χ1n) is 6.79. The zero-order valence-electron chi connectivity index (χ0n) is 11.8. The van der Waals surface area contributed by atoms with Gasteiger partial charge in [-0.3, -0.25) is 0 Å². The van der Waals surface area contributed by atoms with E-state index in [1.54, 1.807) is 12.1 Å². The highest BCUT2D eigenvalue weighted by Gasteiger charge is 2.03. The lowest BCUT2D eigenvalue weighted by atomic mass is 10.3. The minimum absolute atomic E-state index is 0.288. The summed E-state index contributed by atoms with van der Waals surface area (Å²) in [4.78, 5) is 8.68. The molecule has 1 heterocycles. The summed E-state index contributed by atoms with van der Waals surface area (Å²) in [5.74, 6) is 0.961. The van der Waals surface area contributed by atoms with Crippen LogP contribution in [0.5, 0.6) is 0 Å². The van der Waals surface area contributed by atoms with E-state index in [4.69, 9.17) is 0 Å². The molecule has 0 amide bonds. The first kappa shape index (κ1) is 14.2. The number of anilines is 3. The Balaban J connectivity index is 2.11. The second kappa shape index (κ2) is 6.84. The average molecular weight is 274 g/mol. The molecule has 2 aromatic rings. The summed E-state index contributed by atoms with van der Waals surface area (Å²) in [5, 5.41) is 6.27. The van der Waals surface area contributed by atoms with E-state index in [0.29, 0.717) is 11.6 Å². The second-order valence-electron chi connectivity index (χ2n) is 4.63. The van der Waals surface area contributed by atoms with Gasteiger partial charge in [0, 0.05) is 24.0 Å². The van der Waals surface area contributed by atoms with Crippen LogP contribution in [0.25, 0.3) is 0 Å². The van der Waals surface area contributed by atoms with Gasteiger partial charge in [0.1, 0.15) is 11.6 Å². The summed E-state index contributed by atoms with van der Waals surface area (Å²) >= 11 is 0. The van der Waals surface area contributed by atoms with E-state index < -0.39 is 0 Å². The minimum Gasteiger partial charge on any atom is -0.370 e. The number of benzene rings is 1. The molecule has 2 N–H and O–H groups in total. The van der Waals surface area contributed by atoms with Crippen LogP contribution in [0, 0.1) is 12.7 Å². The van der Waals surface area contributed by atoms with Crippen LogP contribution in [0.15, 0.2) is 30.3 Å². The Kier molecular flexibility index (Phi) is 4.87. The van der Waals surface area contributed by atoms with Crippen LogP contribution in [0.2, 0.25) is 0 Å². The molecular formula is C15H19FN4. The van der Waals surface area contributed by atoms with Crippen LogP contribution in [0.3, 0.4) is 0 Å². The largest absolute Gasteiger partial charge is 0.370 e. The molecule has 0 unspecified atom stereocenters. The van der Waals surface area contributed by atoms with E-state index in [-0.39, 0.29) is 5.82 Å².